The quantitative estimate of drug-likeness (QED) is 0.883. The molecule has 2 fully saturated rings. The molecule has 5 heteroatoms. The predicted molar refractivity (Wildman–Crippen MR) is 83.8 cm³/mol. The Balaban J connectivity index is 1.73. The minimum absolute atomic E-state index is 0.104. The van der Waals surface area contributed by atoms with E-state index in [9.17, 15) is 4.79 Å². The van der Waals surface area contributed by atoms with Crippen molar-refractivity contribution in [2.75, 3.05) is 18.0 Å². The monoisotopic (exact) mass is 337 g/mol. The van der Waals surface area contributed by atoms with Crippen LogP contribution in [0.25, 0.3) is 0 Å². The molecule has 108 valence electrons. The summed E-state index contributed by atoms with van der Waals surface area (Å²) in [6.07, 6.45) is 2.60. The molecule has 1 atom stereocenters. The number of hydrogen-bond donors (Lipinski definition) is 2. The van der Waals surface area contributed by atoms with Crippen LogP contribution in [0.3, 0.4) is 0 Å². The fraction of sp³-hybridized carbons (Fsp3) is 0.533. The van der Waals surface area contributed by atoms with Crippen molar-refractivity contribution in [2.45, 2.75) is 38.4 Å². The molecule has 1 unspecified atom stereocenters. The van der Waals surface area contributed by atoms with Crippen molar-refractivity contribution in [3.63, 3.8) is 0 Å². The smallest absolute Gasteiger partial charge is 0.242 e. The molecule has 4 nitrogen and oxygen atoms in total. The van der Waals surface area contributed by atoms with Crippen LogP contribution in [0, 0.1) is 0 Å². The Morgan fingerprint density at radius 3 is 2.95 bits per heavy atom. The largest absolute Gasteiger partial charge is 0.358 e. The minimum atomic E-state index is -0.105. The van der Waals surface area contributed by atoms with Crippen molar-refractivity contribution >= 4 is 27.5 Å². The van der Waals surface area contributed by atoms with E-state index >= 15 is 0 Å². The van der Waals surface area contributed by atoms with Crippen LogP contribution in [0.1, 0.15) is 25.3 Å². The van der Waals surface area contributed by atoms with Crippen LogP contribution in [0.2, 0.25) is 0 Å². The van der Waals surface area contributed by atoms with Crippen molar-refractivity contribution in [3.8, 4) is 0 Å². The van der Waals surface area contributed by atoms with Crippen molar-refractivity contribution in [1.82, 2.24) is 10.6 Å². The fourth-order valence-corrected chi connectivity index (χ4v) is 3.04. The molecule has 1 aromatic rings. The summed E-state index contributed by atoms with van der Waals surface area (Å²) < 4.78 is 1.11. The highest BCUT2D eigenvalue weighted by atomic mass is 79.9. The van der Waals surface area contributed by atoms with Gasteiger partial charge in [0.05, 0.1) is 0 Å². The number of anilines is 1. The van der Waals surface area contributed by atoms with Crippen LogP contribution in [0.15, 0.2) is 22.7 Å². The summed E-state index contributed by atoms with van der Waals surface area (Å²) in [6, 6.07) is 7.00. The highest BCUT2D eigenvalue weighted by Gasteiger charge is 2.26. The van der Waals surface area contributed by atoms with Crippen molar-refractivity contribution in [1.29, 1.82) is 0 Å². The summed E-state index contributed by atoms with van der Waals surface area (Å²) in [5.41, 5.74) is 2.38. The number of rotatable bonds is 4. The molecule has 1 saturated heterocycles. The molecule has 0 radical (unpaired) electrons. The van der Waals surface area contributed by atoms with Gasteiger partial charge in [-0.25, -0.2) is 0 Å². The van der Waals surface area contributed by atoms with Crippen molar-refractivity contribution in [2.24, 2.45) is 0 Å². The van der Waals surface area contributed by atoms with Crippen LogP contribution >= 0.6 is 15.9 Å². The second-order valence-corrected chi connectivity index (χ2v) is 6.45. The van der Waals surface area contributed by atoms with Gasteiger partial charge in [0.25, 0.3) is 0 Å². The summed E-state index contributed by atoms with van der Waals surface area (Å²) in [7, 11) is 0. The Bertz CT molecular complexity index is 516. The number of nitrogens with one attached hydrogen (secondary N) is 2. The average Bonchev–Trinajstić information content (AvgIpc) is 3.25. The average molecular weight is 338 g/mol. The summed E-state index contributed by atoms with van der Waals surface area (Å²) in [5.74, 6) is 0.104. The first-order valence-corrected chi connectivity index (χ1v) is 8.00. The number of nitrogens with zero attached hydrogens (tertiary/aromatic N) is 1. The molecule has 2 aliphatic rings. The first-order chi connectivity index (χ1) is 9.65. The Morgan fingerprint density at radius 1 is 1.45 bits per heavy atom. The molecule has 1 amide bonds. The van der Waals surface area contributed by atoms with Gasteiger partial charge < -0.3 is 15.5 Å². The van der Waals surface area contributed by atoms with E-state index in [1.165, 1.54) is 18.4 Å². The number of piperazine rings is 1. The van der Waals surface area contributed by atoms with Gasteiger partial charge in [-0.3, -0.25) is 4.79 Å². The highest BCUT2D eigenvalue weighted by Crippen LogP contribution is 2.27. The first kappa shape index (κ1) is 13.9. The fourth-order valence-electron chi connectivity index (χ4n) is 2.54. The molecule has 20 heavy (non-hydrogen) atoms. The molecule has 1 aromatic carbocycles. The number of hydrogen-bond acceptors (Lipinski definition) is 3. The van der Waals surface area contributed by atoms with Gasteiger partial charge in [-0.2, -0.15) is 0 Å². The normalized spacial score (nSPS) is 22.8. The third-order valence-electron chi connectivity index (χ3n) is 4.03. The Labute approximate surface area is 128 Å². The summed E-state index contributed by atoms with van der Waals surface area (Å²) >= 11 is 3.65. The summed E-state index contributed by atoms with van der Waals surface area (Å²) in [5, 5.41) is 6.42. The molecule has 2 N–H and O–H groups in total. The van der Waals surface area contributed by atoms with E-state index in [1.54, 1.807) is 0 Å². The number of amides is 1. The minimum Gasteiger partial charge on any atom is -0.358 e. The first-order valence-electron chi connectivity index (χ1n) is 7.21. The zero-order chi connectivity index (χ0) is 14.1. The molecule has 1 aliphatic carbocycles. The van der Waals surface area contributed by atoms with Gasteiger partial charge in [0.2, 0.25) is 5.91 Å². The third kappa shape index (κ3) is 2.99. The van der Waals surface area contributed by atoms with E-state index in [1.807, 2.05) is 6.92 Å². The lowest BCUT2D eigenvalue weighted by atomic mass is 10.1. The topological polar surface area (TPSA) is 44.4 Å². The van der Waals surface area contributed by atoms with E-state index in [4.69, 9.17) is 0 Å². The number of carbonyl (C=O) groups is 1. The lowest BCUT2D eigenvalue weighted by Crippen LogP contribution is -2.54. The third-order valence-corrected chi connectivity index (χ3v) is 4.76. The van der Waals surface area contributed by atoms with E-state index < -0.39 is 0 Å². The van der Waals surface area contributed by atoms with Crippen LogP contribution in [-0.2, 0) is 11.3 Å². The summed E-state index contributed by atoms with van der Waals surface area (Å²) in [4.78, 5) is 13.9. The SMILES string of the molecule is CC1C(=O)NCCN1c1ccc(CNC2CC2)c(Br)c1. The standard InChI is InChI=1S/C15H20BrN3O/c1-10-15(20)17-6-7-19(10)13-5-2-11(14(16)8-13)9-18-12-3-4-12/h2,5,8,10,12,18H,3-4,6-7,9H2,1H3,(H,17,20). The zero-order valence-electron chi connectivity index (χ0n) is 11.7. The van der Waals surface area contributed by atoms with Gasteiger partial charge in [0.15, 0.2) is 0 Å². The molecule has 3 rings (SSSR count). The highest BCUT2D eigenvalue weighted by molar-refractivity contribution is 9.10. The van der Waals surface area contributed by atoms with Crippen LogP contribution in [-0.4, -0.2) is 31.1 Å². The second kappa shape index (κ2) is 5.74. The molecule has 0 bridgehead atoms. The molecule has 0 aromatic heterocycles. The van der Waals surface area contributed by atoms with Crippen molar-refractivity contribution < 1.29 is 4.79 Å². The lowest BCUT2D eigenvalue weighted by molar-refractivity contribution is -0.122. The predicted octanol–water partition coefficient (Wildman–Crippen LogP) is 2.03. The number of benzene rings is 1. The van der Waals surface area contributed by atoms with Gasteiger partial charge in [-0.15, -0.1) is 0 Å². The van der Waals surface area contributed by atoms with Gasteiger partial charge in [-0.05, 0) is 37.5 Å². The van der Waals surface area contributed by atoms with E-state index in [-0.39, 0.29) is 11.9 Å². The van der Waals surface area contributed by atoms with E-state index in [2.05, 4.69) is 49.7 Å². The molecular weight excluding hydrogens is 318 g/mol. The summed E-state index contributed by atoms with van der Waals surface area (Å²) in [6.45, 7) is 4.43. The lowest BCUT2D eigenvalue weighted by Gasteiger charge is -2.35. The molecular formula is C15H20BrN3O. The van der Waals surface area contributed by atoms with E-state index in [0.29, 0.717) is 12.6 Å². The number of carbonyl (C=O) groups excluding carboxylic acids is 1. The Kier molecular flexibility index (Phi) is 3.98. The molecule has 1 aliphatic heterocycles. The molecule has 1 saturated carbocycles. The van der Waals surface area contributed by atoms with Crippen LogP contribution < -0.4 is 15.5 Å². The number of halogens is 1. The second-order valence-electron chi connectivity index (χ2n) is 5.59. The molecule has 0 spiro atoms. The van der Waals surface area contributed by atoms with E-state index in [0.717, 1.165) is 23.2 Å². The van der Waals surface area contributed by atoms with Gasteiger partial charge in [-0.1, -0.05) is 22.0 Å². The van der Waals surface area contributed by atoms with Gasteiger partial charge in [0.1, 0.15) is 6.04 Å². The Morgan fingerprint density at radius 2 is 2.25 bits per heavy atom. The maximum atomic E-state index is 11.7. The van der Waals surface area contributed by atoms with Crippen molar-refractivity contribution in [3.05, 3.63) is 28.2 Å². The zero-order valence-corrected chi connectivity index (χ0v) is 13.2. The van der Waals surface area contributed by atoms with Crippen LogP contribution in [0.5, 0.6) is 0 Å². The van der Waals surface area contributed by atoms with Crippen LogP contribution in [0.4, 0.5) is 5.69 Å². The van der Waals surface area contributed by atoms with Gasteiger partial charge in [0, 0.05) is 35.8 Å². The maximum absolute atomic E-state index is 11.7. The molecule has 1 heterocycles. The van der Waals surface area contributed by atoms with Gasteiger partial charge >= 0.3 is 0 Å². The maximum Gasteiger partial charge on any atom is 0.242 e. The Hall–Kier alpha value is -1.07.